The minimum atomic E-state index is -0.0513. The fourth-order valence-corrected chi connectivity index (χ4v) is 4.39. The van der Waals surface area contributed by atoms with Crippen LogP contribution in [0.5, 0.6) is 0 Å². The number of carbonyl (C=O) groups is 2. The average molecular weight is 357 g/mol. The van der Waals surface area contributed by atoms with Gasteiger partial charge in [-0.25, -0.2) is 0 Å². The minimum Gasteiger partial charge on any atom is -0.353 e. The van der Waals surface area contributed by atoms with Crippen molar-refractivity contribution in [2.45, 2.75) is 70.3 Å². The maximum absolute atomic E-state index is 12.9. The summed E-state index contributed by atoms with van der Waals surface area (Å²) in [5.74, 6) is 0.636. The number of likely N-dealkylation sites (tertiary alicyclic amines) is 1. The highest BCUT2D eigenvalue weighted by Gasteiger charge is 2.30. The smallest absolute Gasteiger partial charge is 0.230 e. The third-order valence-corrected chi connectivity index (χ3v) is 6.04. The van der Waals surface area contributed by atoms with E-state index < -0.39 is 0 Å². The van der Waals surface area contributed by atoms with Gasteiger partial charge < -0.3 is 10.2 Å². The number of carbonyl (C=O) groups excluding carboxylic acids is 2. The summed E-state index contributed by atoms with van der Waals surface area (Å²) in [5, 5.41) is 3.25. The number of piperidine rings is 1. The number of rotatable bonds is 5. The number of nitrogens with one attached hydrogen (secondary N) is 1. The second-order valence-electron chi connectivity index (χ2n) is 7.81. The van der Waals surface area contributed by atoms with Crippen LogP contribution in [0.2, 0.25) is 0 Å². The molecule has 0 spiro atoms. The van der Waals surface area contributed by atoms with Crippen LogP contribution in [-0.2, 0) is 9.59 Å². The van der Waals surface area contributed by atoms with Gasteiger partial charge in [-0.2, -0.15) is 0 Å². The molecule has 1 aromatic carbocycles. The molecule has 0 aromatic heterocycles. The van der Waals surface area contributed by atoms with Crippen molar-refractivity contribution in [1.29, 1.82) is 0 Å². The van der Waals surface area contributed by atoms with Crippen LogP contribution >= 0.6 is 0 Å². The summed E-state index contributed by atoms with van der Waals surface area (Å²) in [6.07, 6.45) is 8.28. The maximum atomic E-state index is 12.9. The van der Waals surface area contributed by atoms with Gasteiger partial charge >= 0.3 is 0 Å². The van der Waals surface area contributed by atoms with Crippen LogP contribution in [0.4, 0.5) is 0 Å². The van der Waals surface area contributed by atoms with Crippen LogP contribution in [0.1, 0.15) is 69.8 Å². The molecule has 1 aliphatic heterocycles. The van der Waals surface area contributed by atoms with Crippen LogP contribution in [-0.4, -0.2) is 35.8 Å². The summed E-state index contributed by atoms with van der Waals surface area (Å²) in [4.78, 5) is 27.4. The van der Waals surface area contributed by atoms with Crippen LogP contribution in [0.3, 0.4) is 0 Å². The molecule has 0 bridgehead atoms. The minimum absolute atomic E-state index is 0.0513. The summed E-state index contributed by atoms with van der Waals surface area (Å²) in [6, 6.07) is 10.3. The Bertz CT molecular complexity index is 587. The van der Waals surface area contributed by atoms with E-state index >= 15 is 0 Å². The van der Waals surface area contributed by atoms with Gasteiger partial charge in [0.05, 0.1) is 5.92 Å². The average Bonchev–Trinajstić information content (AvgIpc) is 2.70. The van der Waals surface area contributed by atoms with Crippen molar-refractivity contribution in [2.24, 2.45) is 5.92 Å². The first-order valence-electron chi connectivity index (χ1n) is 10.3. The largest absolute Gasteiger partial charge is 0.353 e. The first-order valence-corrected chi connectivity index (χ1v) is 10.3. The zero-order valence-electron chi connectivity index (χ0n) is 16.0. The van der Waals surface area contributed by atoms with E-state index in [0.717, 1.165) is 50.8 Å². The van der Waals surface area contributed by atoms with Gasteiger partial charge in [0.2, 0.25) is 11.8 Å². The molecule has 1 saturated heterocycles. The lowest BCUT2D eigenvalue weighted by Gasteiger charge is -2.35. The van der Waals surface area contributed by atoms with Gasteiger partial charge in [0.25, 0.3) is 0 Å². The summed E-state index contributed by atoms with van der Waals surface area (Å²) in [7, 11) is 0. The van der Waals surface area contributed by atoms with Crippen LogP contribution < -0.4 is 5.32 Å². The summed E-state index contributed by atoms with van der Waals surface area (Å²) < 4.78 is 0. The first kappa shape index (κ1) is 18.9. The van der Waals surface area contributed by atoms with Gasteiger partial charge in [-0.05, 0) is 37.7 Å². The predicted molar refractivity (Wildman–Crippen MR) is 104 cm³/mol. The molecular formula is C22H32N2O2. The molecule has 26 heavy (non-hydrogen) atoms. The molecule has 2 fully saturated rings. The van der Waals surface area contributed by atoms with E-state index in [1.54, 1.807) is 0 Å². The molecular weight excluding hydrogens is 324 g/mol. The highest BCUT2D eigenvalue weighted by atomic mass is 16.2. The van der Waals surface area contributed by atoms with E-state index in [4.69, 9.17) is 0 Å². The number of nitrogens with zero attached hydrogens (tertiary/aromatic N) is 1. The van der Waals surface area contributed by atoms with E-state index in [9.17, 15) is 9.59 Å². The normalized spacial score (nSPS) is 20.6. The summed E-state index contributed by atoms with van der Waals surface area (Å²) >= 11 is 0. The molecule has 4 heteroatoms. The molecule has 0 radical (unpaired) electrons. The highest BCUT2D eigenvalue weighted by molar-refractivity contribution is 5.84. The molecule has 4 nitrogen and oxygen atoms in total. The second-order valence-corrected chi connectivity index (χ2v) is 7.81. The van der Waals surface area contributed by atoms with E-state index in [0.29, 0.717) is 0 Å². The van der Waals surface area contributed by atoms with Gasteiger partial charge in [0.1, 0.15) is 0 Å². The lowest BCUT2D eigenvalue weighted by atomic mass is 9.88. The molecule has 1 saturated carbocycles. The zero-order valence-corrected chi connectivity index (χ0v) is 16.0. The van der Waals surface area contributed by atoms with E-state index in [-0.39, 0.29) is 29.7 Å². The van der Waals surface area contributed by atoms with Crippen molar-refractivity contribution in [3.8, 4) is 0 Å². The van der Waals surface area contributed by atoms with Gasteiger partial charge in [-0.15, -0.1) is 0 Å². The number of benzene rings is 1. The van der Waals surface area contributed by atoms with Crippen molar-refractivity contribution in [2.75, 3.05) is 13.1 Å². The Balaban J connectivity index is 1.49. The maximum Gasteiger partial charge on any atom is 0.230 e. The Kier molecular flexibility index (Phi) is 6.70. The Morgan fingerprint density at radius 3 is 2.31 bits per heavy atom. The van der Waals surface area contributed by atoms with E-state index in [1.165, 1.54) is 19.3 Å². The number of hydrogen-bond acceptors (Lipinski definition) is 2. The highest BCUT2D eigenvalue weighted by Crippen LogP contribution is 2.26. The Morgan fingerprint density at radius 1 is 1.04 bits per heavy atom. The van der Waals surface area contributed by atoms with Crippen LogP contribution in [0.15, 0.2) is 30.3 Å². The molecule has 3 rings (SSSR count). The molecule has 1 aliphatic carbocycles. The molecule has 2 aliphatic rings. The SMILES string of the molecule is CC[C@@H](C(=O)N1CCC(NC(=O)C2CCCCC2)CC1)c1ccccc1. The van der Waals surface area contributed by atoms with Crippen molar-refractivity contribution in [3.05, 3.63) is 35.9 Å². The Hall–Kier alpha value is -1.84. The first-order chi connectivity index (χ1) is 12.7. The summed E-state index contributed by atoms with van der Waals surface area (Å²) in [5.41, 5.74) is 1.10. The lowest BCUT2D eigenvalue weighted by molar-refractivity contribution is -0.134. The van der Waals surface area contributed by atoms with Gasteiger partial charge in [0, 0.05) is 25.0 Å². The molecule has 2 amide bonds. The van der Waals surface area contributed by atoms with E-state index in [1.807, 2.05) is 35.2 Å². The molecule has 1 atom stereocenters. The number of amides is 2. The summed E-state index contributed by atoms with van der Waals surface area (Å²) in [6.45, 7) is 3.57. The van der Waals surface area contributed by atoms with Crippen LogP contribution in [0.25, 0.3) is 0 Å². The standard InChI is InChI=1S/C22H32N2O2/c1-2-20(17-9-5-3-6-10-17)22(26)24-15-13-19(14-16-24)23-21(25)18-11-7-4-8-12-18/h3,5-6,9-10,18-20H,2,4,7-8,11-16H2,1H3,(H,23,25)/t20-/m1/s1. The van der Waals surface area contributed by atoms with Gasteiger partial charge in [0.15, 0.2) is 0 Å². The van der Waals surface area contributed by atoms with Crippen molar-refractivity contribution < 1.29 is 9.59 Å². The van der Waals surface area contributed by atoms with Gasteiger partial charge in [-0.1, -0.05) is 56.5 Å². The zero-order chi connectivity index (χ0) is 18.4. The Morgan fingerprint density at radius 2 is 1.69 bits per heavy atom. The third kappa shape index (κ3) is 4.66. The molecule has 1 N–H and O–H groups in total. The molecule has 142 valence electrons. The second kappa shape index (κ2) is 9.20. The van der Waals surface area contributed by atoms with Crippen molar-refractivity contribution >= 4 is 11.8 Å². The van der Waals surface area contributed by atoms with E-state index in [2.05, 4.69) is 12.2 Å². The monoisotopic (exact) mass is 356 g/mol. The van der Waals surface area contributed by atoms with Crippen LogP contribution in [0, 0.1) is 5.92 Å². The molecule has 0 unspecified atom stereocenters. The molecule has 1 aromatic rings. The van der Waals surface area contributed by atoms with Gasteiger partial charge in [-0.3, -0.25) is 9.59 Å². The number of hydrogen-bond donors (Lipinski definition) is 1. The lowest BCUT2D eigenvalue weighted by Crippen LogP contribution is -2.49. The Labute approximate surface area is 157 Å². The quantitative estimate of drug-likeness (QED) is 0.871. The van der Waals surface area contributed by atoms with Crippen molar-refractivity contribution in [1.82, 2.24) is 10.2 Å². The topological polar surface area (TPSA) is 49.4 Å². The van der Waals surface area contributed by atoms with Crippen molar-refractivity contribution in [3.63, 3.8) is 0 Å². The molecule has 1 heterocycles. The third-order valence-electron chi connectivity index (χ3n) is 6.04. The fraction of sp³-hybridized carbons (Fsp3) is 0.636. The fourth-order valence-electron chi connectivity index (χ4n) is 4.39. The predicted octanol–water partition coefficient (Wildman–Crippen LogP) is 3.87.